The number of benzene rings is 1. The Hall–Kier alpha value is -1.62. The first-order valence-corrected chi connectivity index (χ1v) is 8.08. The van der Waals surface area contributed by atoms with Crippen molar-refractivity contribution in [2.24, 2.45) is 0 Å². The lowest BCUT2D eigenvalue weighted by Crippen LogP contribution is -2.28. The van der Waals surface area contributed by atoms with Gasteiger partial charge < -0.3 is 15.3 Å². The lowest BCUT2D eigenvalue weighted by molar-refractivity contribution is -0.136. The van der Waals surface area contributed by atoms with Crippen molar-refractivity contribution in [3.63, 3.8) is 0 Å². The Kier molecular flexibility index (Phi) is 6.19. The van der Waals surface area contributed by atoms with Crippen LogP contribution in [0, 0.1) is 5.82 Å². The second-order valence-electron chi connectivity index (χ2n) is 5.87. The highest BCUT2D eigenvalue weighted by Crippen LogP contribution is 2.22. The number of hydrogen-bond donors (Lipinski definition) is 2. The first-order valence-electron chi connectivity index (χ1n) is 8.08. The van der Waals surface area contributed by atoms with E-state index in [0.29, 0.717) is 24.8 Å². The van der Waals surface area contributed by atoms with E-state index in [-0.39, 0.29) is 12.2 Å². The average molecular weight is 308 g/mol. The van der Waals surface area contributed by atoms with Crippen molar-refractivity contribution in [2.75, 3.05) is 18.0 Å². The molecule has 0 heterocycles. The van der Waals surface area contributed by atoms with Crippen molar-refractivity contribution >= 4 is 11.7 Å². The van der Waals surface area contributed by atoms with Gasteiger partial charge in [-0.05, 0) is 37.5 Å². The molecular weight excluding hydrogens is 283 g/mol. The lowest BCUT2D eigenvalue weighted by atomic mass is 10.1. The molecule has 0 spiro atoms. The standard InChI is InChI=1S/C17H25FN2O2/c1-2-20(10-9-17(21)22)16-11-13(7-8-15(16)18)12-19-14-5-3-4-6-14/h7-8,11,14,19H,2-6,9-10,12H2,1H3,(H,21,22). The van der Waals surface area contributed by atoms with E-state index in [1.54, 1.807) is 11.0 Å². The van der Waals surface area contributed by atoms with Crippen LogP contribution < -0.4 is 10.2 Å². The number of rotatable bonds is 8. The van der Waals surface area contributed by atoms with E-state index in [4.69, 9.17) is 5.11 Å². The average Bonchev–Trinajstić information content (AvgIpc) is 3.01. The number of anilines is 1. The van der Waals surface area contributed by atoms with Crippen molar-refractivity contribution in [3.8, 4) is 0 Å². The molecule has 2 N–H and O–H groups in total. The molecule has 122 valence electrons. The predicted molar refractivity (Wildman–Crippen MR) is 85.6 cm³/mol. The van der Waals surface area contributed by atoms with Gasteiger partial charge in [0.15, 0.2) is 0 Å². The van der Waals surface area contributed by atoms with Crippen LogP contribution in [0.25, 0.3) is 0 Å². The highest BCUT2D eigenvalue weighted by Gasteiger charge is 2.15. The van der Waals surface area contributed by atoms with E-state index >= 15 is 0 Å². The Bertz CT molecular complexity index is 501. The summed E-state index contributed by atoms with van der Waals surface area (Å²) in [4.78, 5) is 12.5. The van der Waals surface area contributed by atoms with Gasteiger partial charge in [0.2, 0.25) is 0 Å². The highest BCUT2D eigenvalue weighted by atomic mass is 19.1. The number of nitrogens with one attached hydrogen (secondary N) is 1. The normalized spacial score (nSPS) is 15.2. The molecule has 0 saturated heterocycles. The smallest absolute Gasteiger partial charge is 0.305 e. The summed E-state index contributed by atoms with van der Waals surface area (Å²) in [5, 5.41) is 12.3. The maximum absolute atomic E-state index is 14.1. The van der Waals surface area contributed by atoms with Gasteiger partial charge in [-0.3, -0.25) is 4.79 Å². The number of carboxylic acids is 1. The molecule has 0 aromatic heterocycles. The Labute approximate surface area is 131 Å². The van der Waals surface area contributed by atoms with Crippen LogP contribution >= 0.6 is 0 Å². The minimum absolute atomic E-state index is 0.0117. The van der Waals surface area contributed by atoms with Crippen LogP contribution in [0.2, 0.25) is 0 Å². The van der Waals surface area contributed by atoms with Gasteiger partial charge in [-0.2, -0.15) is 0 Å². The fourth-order valence-corrected chi connectivity index (χ4v) is 2.98. The van der Waals surface area contributed by atoms with Gasteiger partial charge in [0.05, 0.1) is 12.1 Å². The highest BCUT2D eigenvalue weighted by molar-refractivity contribution is 5.67. The van der Waals surface area contributed by atoms with Crippen LogP contribution in [-0.2, 0) is 11.3 Å². The van der Waals surface area contributed by atoms with Crippen LogP contribution in [0.4, 0.5) is 10.1 Å². The van der Waals surface area contributed by atoms with Crippen LogP contribution in [-0.4, -0.2) is 30.2 Å². The Morgan fingerprint density at radius 2 is 2.14 bits per heavy atom. The third kappa shape index (κ3) is 4.70. The van der Waals surface area contributed by atoms with Gasteiger partial charge in [-0.1, -0.05) is 18.9 Å². The number of carbonyl (C=O) groups is 1. The van der Waals surface area contributed by atoms with Gasteiger partial charge in [0.1, 0.15) is 5.82 Å². The molecule has 1 fully saturated rings. The molecule has 2 rings (SSSR count). The van der Waals surface area contributed by atoms with Gasteiger partial charge in [0, 0.05) is 25.7 Å². The molecule has 1 saturated carbocycles. The maximum Gasteiger partial charge on any atom is 0.305 e. The lowest BCUT2D eigenvalue weighted by Gasteiger charge is -2.23. The summed E-state index contributed by atoms with van der Waals surface area (Å²) < 4.78 is 14.1. The van der Waals surface area contributed by atoms with E-state index in [1.165, 1.54) is 31.7 Å². The van der Waals surface area contributed by atoms with Gasteiger partial charge in [-0.25, -0.2) is 4.39 Å². The molecule has 0 amide bonds. The Morgan fingerprint density at radius 3 is 2.77 bits per heavy atom. The first kappa shape index (κ1) is 16.7. The van der Waals surface area contributed by atoms with E-state index < -0.39 is 5.97 Å². The fourth-order valence-electron chi connectivity index (χ4n) is 2.98. The van der Waals surface area contributed by atoms with Crippen molar-refractivity contribution in [2.45, 2.75) is 51.6 Å². The van der Waals surface area contributed by atoms with Crippen molar-refractivity contribution in [3.05, 3.63) is 29.6 Å². The zero-order valence-corrected chi connectivity index (χ0v) is 13.1. The predicted octanol–water partition coefficient (Wildman–Crippen LogP) is 3.16. The van der Waals surface area contributed by atoms with Crippen molar-refractivity contribution < 1.29 is 14.3 Å². The molecule has 1 aromatic rings. The monoisotopic (exact) mass is 308 g/mol. The Morgan fingerprint density at radius 1 is 1.41 bits per heavy atom. The second-order valence-corrected chi connectivity index (χ2v) is 5.87. The van der Waals surface area contributed by atoms with Crippen LogP contribution in [0.3, 0.4) is 0 Å². The molecule has 22 heavy (non-hydrogen) atoms. The summed E-state index contributed by atoms with van der Waals surface area (Å²) in [6.45, 7) is 3.55. The fraction of sp³-hybridized carbons (Fsp3) is 0.588. The summed E-state index contributed by atoms with van der Waals surface area (Å²) in [7, 11) is 0. The largest absolute Gasteiger partial charge is 0.481 e. The molecule has 0 unspecified atom stereocenters. The molecular formula is C17H25FN2O2. The third-order valence-electron chi connectivity index (χ3n) is 4.28. The first-order chi connectivity index (χ1) is 10.6. The molecule has 0 radical (unpaired) electrons. The number of aliphatic carboxylic acids is 1. The quantitative estimate of drug-likeness (QED) is 0.774. The summed E-state index contributed by atoms with van der Waals surface area (Å²) in [5.41, 5.74) is 1.53. The number of carboxylic acid groups (broad SMARTS) is 1. The zero-order chi connectivity index (χ0) is 15.9. The zero-order valence-electron chi connectivity index (χ0n) is 13.1. The molecule has 1 aromatic carbocycles. The second kappa shape index (κ2) is 8.13. The van der Waals surface area contributed by atoms with Crippen molar-refractivity contribution in [1.82, 2.24) is 5.32 Å². The minimum Gasteiger partial charge on any atom is -0.481 e. The molecule has 0 aliphatic heterocycles. The van der Waals surface area contributed by atoms with E-state index in [9.17, 15) is 9.18 Å². The van der Waals surface area contributed by atoms with Gasteiger partial charge in [0.25, 0.3) is 0 Å². The van der Waals surface area contributed by atoms with Gasteiger partial charge >= 0.3 is 5.97 Å². The maximum atomic E-state index is 14.1. The van der Waals surface area contributed by atoms with Crippen LogP contribution in [0.1, 0.15) is 44.6 Å². The van der Waals surface area contributed by atoms with Crippen LogP contribution in [0.15, 0.2) is 18.2 Å². The molecule has 1 aliphatic rings. The topological polar surface area (TPSA) is 52.6 Å². The SMILES string of the molecule is CCN(CCC(=O)O)c1cc(CNC2CCCC2)ccc1F. The molecule has 0 atom stereocenters. The molecule has 4 nitrogen and oxygen atoms in total. The van der Waals surface area contributed by atoms with Crippen molar-refractivity contribution in [1.29, 1.82) is 0 Å². The molecule has 5 heteroatoms. The van der Waals surface area contributed by atoms with E-state index in [1.807, 2.05) is 13.0 Å². The summed E-state index contributed by atoms with van der Waals surface area (Å²) >= 11 is 0. The summed E-state index contributed by atoms with van der Waals surface area (Å²) in [5.74, 6) is -1.16. The van der Waals surface area contributed by atoms with E-state index in [0.717, 1.165) is 12.1 Å². The van der Waals surface area contributed by atoms with Gasteiger partial charge in [-0.15, -0.1) is 0 Å². The molecule has 0 bridgehead atoms. The number of hydrogen-bond acceptors (Lipinski definition) is 3. The third-order valence-corrected chi connectivity index (χ3v) is 4.28. The summed E-state index contributed by atoms with van der Waals surface area (Å²) in [6, 6.07) is 5.68. The summed E-state index contributed by atoms with van der Waals surface area (Å²) in [6.07, 6.45) is 5.01. The minimum atomic E-state index is -0.863. The number of nitrogens with zero attached hydrogens (tertiary/aromatic N) is 1. The van der Waals surface area contributed by atoms with Crippen LogP contribution in [0.5, 0.6) is 0 Å². The number of halogens is 1. The van der Waals surface area contributed by atoms with E-state index in [2.05, 4.69) is 5.32 Å². The molecule has 1 aliphatic carbocycles. The Balaban J connectivity index is 2.02.